The fourth-order valence-electron chi connectivity index (χ4n) is 4.58. The summed E-state index contributed by atoms with van der Waals surface area (Å²) in [5.74, 6) is 0.869. The minimum absolute atomic E-state index is 0.160. The molecule has 1 aliphatic rings. The Morgan fingerprint density at radius 1 is 0.842 bits per heavy atom. The molecule has 0 spiro atoms. The molecule has 0 N–H and O–H groups in total. The van der Waals surface area contributed by atoms with Gasteiger partial charge in [0.15, 0.2) is 11.5 Å². The third kappa shape index (κ3) is 5.10. The minimum Gasteiger partial charge on any atom is -0.493 e. The van der Waals surface area contributed by atoms with Crippen LogP contribution in [0.1, 0.15) is 17.0 Å². The van der Waals surface area contributed by atoms with Gasteiger partial charge in [0.2, 0.25) is 0 Å². The Morgan fingerprint density at radius 2 is 1.50 bits per heavy atom. The zero-order valence-electron chi connectivity index (χ0n) is 21.5. The number of benzene rings is 3. The molecule has 0 aliphatic carbocycles. The number of imide groups is 1. The van der Waals surface area contributed by atoms with Crippen molar-refractivity contribution >= 4 is 29.0 Å². The largest absolute Gasteiger partial charge is 0.493 e. The maximum atomic E-state index is 13.1. The van der Waals surface area contributed by atoms with Crippen LogP contribution in [0.25, 0.3) is 22.9 Å². The number of ether oxygens (including phenoxy) is 2. The SMILES string of the molecule is COc1ccccc1OCCN1C(=O)S/C(=C\c2cc(C)n(-c3ccc(-c4ccccc4)cc3)c2C)C1=O. The standard InChI is InChI=1S/C31H28N2O4S/c1-21-19-25(22(2)33(21)26-15-13-24(14-16-26)23-9-5-4-6-10-23)20-29-30(34)32(31(35)38-29)17-18-37-28-12-8-7-11-27(28)36-3/h4-16,19-20H,17-18H2,1-3H3/b29-20-. The highest BCUT2D eigenvalue weighted by Crippen LogP contribution is 2.34. The molecule has 1 saturated heterocycles. The van der Waals surface area contributed by atoms with Gasteiger partial charge in [0.1, 0.15) is 6.61 Å². The molecule has 0 radical (unpaired) electrons. The van der Waals surface area contributed by atoms with Crippen molar-refractivity contribution in [1.82, 2.24) is 9.47 Å². The van der Waals surface area contributed by atoms with Crippen LogP contribution >= 0.6 is 11.8 Å². The summed E-state index contributed by atoms with van der Waals surface area (Å²) in [6.07, 6.45) is 1.81. The Kier molecular flexibility index (Phi) is 7.38. The number of thioether (sulfide) groups is 1. The number of carbonyl (C=O) groups is 2. The fourth-order valence-corrected chi connectivity index (χ4v) is 5.44. The third-order valence-electron chi connectivity index (χ3n) is 6.50. The molecular formula is C31H28N2O4S. The number of nitrogens with zero attached hydrogens (tertiary/aromatic N) is 2. The summed E-state index contributed by atoms with van der Waals surface area (Å²) in [7, 11) is 1.57. The number of hydrogen-bond acceptors (Lipinski definition) is 5. The van der Waals surface area contributed by atoms with Crippen LogP contribution in [0.4, 0.5) is 4.79 Å². The highest BCUT2D eigenvalue weighted by molar-refractivity contribution is 8.18. The molecule has 4 aromatic rings. The average Bonchev–Trinajstić information content (AvgIpc) is 3.37. The fraction of sp³-hybridized carbons (Fsp3) is 0.161. The molecule has 0 bridgehead atoms. The second-order valence-electron chi connectivity index (χ2n) is 8.91. The van der Waals surface area contributed by atoms with Crippen molar-refractivity contribution in [3.05, 3.63) is 107 Å². The molecular weight excluding hydrogens is 496 g/mol. The number of methoxy groups -OCH3 is 1. The lowest BCUT2D eigenvalue weighted by atomic mass is 10.1. The van der Waals surface area contributed by atoms with E-state index in [9.17, 15) is 9.59 Å². The van der Waals surface area contributed by atoms with Gasteiger partial charge in [-0.05, 0) is 78.7 Å². The highest BCUT2D eigenvalue weighted by Gasteiger charge is 2.35. The van der Waals surface area contributed by atoms with Gasteiger partial charge in [0.25, 0.3) is 11.1 Å². The lowest BCUT2D eigenvalue weighted by Crippen LogP contribution is -2.32. The number of hydrogen-bond donors (Lipinski definition) is 0. The molecule has 38 heavy (non-hydrogen) atoms. The van der Waals surface area contributed by atoms with E-state index in [4.69, 9.17) is 9.47 Å². The molecule has 0 unspecified atom stereocenters. The summed E-state index contributed by atoms with van der Waals surface area (Å²) >= 11 is 0.959. The van der Waals surface area contributed by atoms with Crippen molar-refractivity contribution in [3.8, 4) is 28.3 Å². The Hall–Kier alpha value is -4.23. The van der Waals surface area contributed by atoms with Crippen LogP contribution in [-0.4, -0.2) is 40.9 Å². The maximum Gasteiger partial charge on any atom is 0.293 e. The van der Waals surface area contributed by atoms with E-state index in [2.05, 4.69) is 41.0 Å². The second kappa shape index (κ2) is 11.0. The number of rotatable bonds is 8. The summed E-state index contributed by atoms with van der Waals surface area (Å²) in [6.45, 7) is 4.40. The maximum absolute atomic E-state index is 13.1. The van der Waals surface area contributed by atoms with Crippen LogP contribution < -0.4 is 9.47 Å². The van der Waals surface area contributed by atoms with Gasteiger partial charge in [-0.2, -0.15) is 0 Å². The predicted octanol–water partition coefficient (Wildman–Crippen LogP) is 6.89. The lowest BCUT2D eigenvalue weighted by Gasteiger charge is -2.14. The van der Waals surface area contributed by atoms with E-state index in [0.29, 0.717) is 16.4 Å². The molecule has 1 fully saturated rings. The zero-order chi connectivity index (χ0) is 26.6. The summed E-state index contributed by atoms with van der Waals surface area (Å²) < 4.78 is 13.2. The molecule has 3 aromatic carbocycles. The van der Waals surface area contributed by atoms with Gasteiger partial charge in [-0.3, -0.25) is 14.5 Å². The number of amides is 2. The van der Waals surface area contributed by atoms with Crippen LogP contribution in [0.3, 0.4) is 0 Å². The van der Waals surface area contributed by atoms with Crippen molar-refractivity contribution in [1.29, 1.82) is 0 Å². The smallest absolute Gasteiger partial charge is 0.293 e. The quantitative estimate of drug-likeness (QED) is 0.235. The van der Waals surface area contributed by atoms with E-state index in [1.807, 2.05) is 56.3 Å². The number of para-hydroxylation sites is 2. The minimum atomic E-state index is -0.305. The Labute approximate surface area is 226 Å². The van der Waals surface area contributed by atoms with Crippen LogP contribution in [-0.2, 0) is 4.79 Å². The van der Waals surface area contributed by atoms with E-state index in [0.717, 1.165) is 40.0 Å². The van der Waals surface area contributed by atoms with Crippen LogP contribution in [0.5, 0.6) is 11.5 Å². The van der Waals surface area contributed by atoms with E-state index in [1.54, 1.807) is 19.2 Å². The highest BCUT2D eigenvalue weighted by atomic mass is 32.2. The average molecular weight is 525 g/mol. The first-order valence-electron chi connectivity index (χ1n) is 12.3. The third-order valence-corrected chi connectivity index (χ3v) is 7.41. The summed E-state index contributed by atoms with van der Waals surface area (Å²) in [5, 5.41) is -0.296. The van der Waals surface area contributed by atoms with Gasteiger partial charge < -0.3 is 14.0 Å². The first-order valence-corrected chi connectivity index (χ1v) is 13.1. The summed E-state index contributed by atoms with van der Waals surface area (Å²) in [5.41, 5.74) is 6.32. The molecule has 192 valence electrons. The molecule has 1 aromatic heterocycles. The van der Waals surface area contributed by atoms with Crippen LogP contribution in [0, 0.1) is 13.8 Å². The number of aryl methyl sites for hydroxylation is 1. The summed E-state index contributed by atoms with van der Waals surface area (Å²) in [6, 6.07) is 28.0. The van der Waals surface area contributed by atoms with Crippen molar-refractivity contribution in [3.63, 3.8) is 0 Å². The van der Waals surface area contributed by atoms with Gasteiger partial charge in [-0.25, -0.2) is 0 Å². The topological polar surface area (TPSA) is 60.8 Å². The van der Waals surface area contributed by atoms with Crippen molar-refractivity contribution in [2.45, 2.75) is 13.8 Å². The van der Waals surface area contributed by atoms with Crippen LogP contribution in [0.15, 0.2) is 89.8 Å². The molecule has 0 saturated carbocycles. The first kappa shape index (κ1) is 25.4. The normalized spacial score (nSPS) is 14.4. The summed E-state index contributed by atoms with van der Waals surface area (Å²) in [4.78, 5) is 27.3. The monoisotopic (exact) mass is 524 g/mol. The van der Waals surface area contributed by atoms with Gasteiger partial charge in [-0.15, -0.1) is 0 Å². The van der Waals surface area contributed by atoms with Crippen molar-refractivity contribution in [2.75, 3.05) is 20.3 Å². The van der Waals surface area contributed by atoms with Gasteiger partial charge in [0, 0.05) is 17.1 Å². The number of aromatic nitrogens is 1. The second-order valence-corrected chi connectivity index (χ2v) is 9.90. The van der Waals surface area contributed by atoms with E-state index in [-0.39, 0.29) is 24.3 Å². The Balaban J connectivity index is 1.31. The molecule has 2 heterocycles. The van der Waals surface area contributed by atoms with Crippen LogP contribution in [0.2, 0.25) is 0 Å². The molecule has 7 heteroatoms. The van der Waals surface area contributed by atoms with E-state index < -0.39 is 0 Å². The zero-order valence-corrected chi connectivity index (χ0v) is 22.3. The molecule has 2 amide bonds. The Morgan fingerprint density at radius 3 is 2.21 bits per heavy atom. The Bertz CT molecular complexity index is 1510. The van der Waals surface area contributed by atoms with Crippen molar-refractivity contribution < 1.29 is 19.1 Å². The molecule has 5 rings (SSSR count). The van der Waals surface area contributed by atoms with Gasteiger partial charge in [0.05, 0.1) is 18.6 Å². The number of carbonyl (C=O) groups excluding carboxylic acids is 2. The molecule has 0 atom stereocenters. The van der Waals surface area contributed by atoms with Crippen molar-refractivity contribution in [2.24, 2.45) is 0 Å². The molecule has 6 nitrogen and oxygen atoms in total. The predicted molar refractivity (Wildman–Crippen MR) is 152 cm³/mol. The first-order chi connectivity index (χ1) is 18.5. The molecule has 1 aliphatic heterocycles. The van der Waals surface area contributed by atoms with E-state index >= 15 is 0 Å². The van der Waals surface area contributed by atoms with Gasteiger partial charge in [-0.1, -0.05) is 54.6 Å². The lowest BCUT2D eigenvalue weighted by molar-refractivity contribution is -0.123. The van der Waals surface area contributed by atoms with E-state index in [1.165, 1.54) is 10.5 Å². The van der Waals surface area contributed by atoms with Gasteiger partial charge >= 0.3 is 0 Å².